The molecule has 1 aliphatic heterocycles. The van der Waals surface area contributed by atoms with Gasteiger partial charge in [-0.1, -0.05) is 163 Å². The van der Waals surface area contributed by atoms with Crippen LogP contribution < -0.4 is 5.32 Å². The molecule has 2 unspecified atom stereocenters. The molecule has 9 rings (SSSR count). The molecule has 3 heteroatoms. The highest BCUT2D eigenvalue weighted by Crippen LogP contribution is 2.52. The van der Waals surface area contributed by atoms with Gasteiger partial charge in [-0.3, -0.25) is 0 Å². The number of nitrogens with one attached hydrogen (secondary N) is 1. The van der Waals surface area contributed by atoms with Crippen LogP contribution in [0.1, 0.15) is 11.5 Å². The largest absolute Gasteiger partial charge is 0.355 e. The monoisotopic (exact) mass is 689 g/mol. The number of thioether (sulfide) groups is 1. The second-order valence-electron chi connectivity index (χ2n) is 12.9. The summed E-state index contributed by atoms with van der Waals surface area (Å²) in [6, 6.07) is 61.7. The Morgan fingerprint density at radius 1 is 0.431 bits per heavy atom. The number of hydrogen-bond donors (Lipinski definition) is 1. The number of fused-ring (bicyclic) bond motifs is 6. The molecule has 7 aromatic rings. The Morgan fingerprint density at radius 2 is 1.12 bits per heavy atom. The molecule has 0 radical (unpaired) electrons. The molecule has 1 heterocycles. The summed E-state index contributed by atoms with van der Waals surface area (Å²) < 4.78 is 0. The molecule has 0 spiro atoms. The van der Waals surface area contributed by atoms with Gasteiger partial charge in [-0.2, -0.15) is 0 Å². The van der Waals surface area contributed by atoms with Crippen LogP contribution in [0, 0.1) is 0 Å². The van der Waals surface area contributed by atoms with E-state index in [1.165, 1.54) is 64.8 Å². The van der Waals surface area contributed by atoms with Crippen LogP contribution in [-0.2, 0) is 0 Å². The summed E-state index contributed by atoms with van der Waals surface area (Å²) in [6.45, 7) is 0. The van der Waals surface area contributed by atoms with Crippen molar-refractivity contribution in [2.24, 2.45) is 0 Å². The lowest BCUT2D eigenvalue weighted by atomic mass is 9.90. The first-order valence-corrected chi connectivity index (χ1v) is 19.1. The van der Waals surface area contributed by atoms with Crippen LogP contribution in [0.4, 0.5) is 11.4 Å². The minimum absolute atomic E-state index is 0.267. The van der Waals surface area contributed by atoms with E-state index in [2.05, 4.69) is 199 Å². The predicted molar refractivity (Wildman–Crippen MR) is 219 cm³/mol. The molecule has 0 amide bonds. The molecule has 51 heavy (non-hydrogen) atoms. The van der Waals surface area contributed by atoms with Gasteiger partial charge < -0.3 is 5.32 Å². The number of anilines is 2. The molecule has 1 nitrogen and oxygen atoms in total. The smallest absolute Gasteiger partial charge is 0.0464 e. The average Bonchev–Trinajstić information content (AvgIpc) is 3.20. The van der Waals surface area contributed by atoms with Crippen LogP contribution in [0.5, 0.6) is 0 Å². The van der Waals surface area contributed by atoms with Crippen molar-refractivity contribution < 1.29 is 0 Å². The van der Waals surface area contributed by atoms with Gasteiger partial charge in [-0.25, -0.2) is 0 Å². The molecule has 0 bridgehead atoms. The fourth-order valence-corrected chi connectivity index (χ4v) is 9.73. The second-order valence-corrected chi connectivity index (χ2v) is 15.2. The molecule has 244 valence electrons. The zero-order chi connectivity index (χ0) is 34.0. The SMILES string of the molecule is C1=CC2Sc3cc(-c4ccccc4)ccc3-c3c(cccc3-c3ccc(Nc4ccccc4)c(-c4ccccc4)c3)Sc3ccccc3C2C=C1. The number of hydrogen-bond acceptors (Lipinski definition) is 3. The van der Waals surface area contributed by atoms with E-state index in [4.69, 9.17) is 0 Å². The van der Waals surface area contributed by atoms with Gasteiger partial charge >= 0.3 is 0 Å². The van der Waals surface area contributed by atoms with E-state index < -0.39 is 0 Å². The first kappa shape index (κ1) is 31.5. The molecule has 1 aliphatic carbocycles. The lowest BCUT2D eigenvalue weighted by molar-refractivity contribution is 0.847. The molecule has 2 aliphatic rings. The standard InChI is InChI=1S/C48H35NS2/c1-4-15-33(16-5-1)35-27-29-41-47(32-35)51-45-25-13-11-22-40(45)39-21-10-12-24-44(39)50-46-26-14-23-38(48(41)46)36-28-30-43(49-37-19-8-3-9-20-37)42(31-36)34-17-6-2-7-18-34/h1-32,40,45,49H. The second kappa shape index (κ2) is 14.0. The summed E-state index contributed by atoms with van der Waals surface area (Å²) >= 11 is 3.88. The molecule has 1 N–H and O–H groups in total. The molecule has 7 aromatic carbocycles. The van der Waals surface area contributed by atoms with Gasteiger partial charge in [-0.05, 0) is 81.4 Å². The van der Waals surface area contributed by atoms with E-state index in [0.717, 1.165) is 11.4 Å². The first-order chi connectivity index (χ1) is 25.3. The third kappa shape index (κ3) is 6.36. The van der Waals surface area contributed by atoms with Gasteiger partial charge in [0.05, 0.1) is 0 Å². The molecule has 0 saturated heterocycles. The van der Waals surface area contributed by atoms with Crippen LogP contribution in [0.15, 0.2) is 209 Å². The van der Waals surface area contributed by atoms with E-state index in [9.17, 15) is 0 Å². The van der Waals surface area contributed by atoms with Gasteiger partial charge in [-0.15, -0.1) is 11.8 Å². The number of para-hydroxylation sites is 1. The third-order valence-corrected chi connectivity index (χ3v) is 12.2. The van der Waals surface area contributed by atoms with Crippen molar-refractivity contribution in [3.63, 3.8) is 0 Å². The lowest BCUT2D eigenvalue weighted by Crippen LogP contribution is -2.15. The Hall–Kier alpha value is -5.48. The summed E-state index contributed by atoms with van der Waals surface area (Å²) in [5.74, 6) is 0.278. The summed E-state index contributed by atoms with van der Waals surface area (Å²) in [6.07, 6.45) is 9.19. The number of allylic oxidation sites excluding steroid dienone is 3. The summed E-state index contributed by atoms with van der Waals surface area (Å²) in [4.78, 5) is 3.87. The molecular formula is C48H35NS2. The number of benzene rings is 7. The van der Waals surface area contributed by atoms with Crippen LogP contribution in [0.3, 0.4) is 0 Å². The topological polar surface area (TPSA) is 12.0 Å². The van der Waals surface area contributed by atoms with Crippen LogP contribution in [0.2, 0.25) is 0 Å². The Kier molecular flexibility index (Phi) is 8.67. The average molecular weight is 690 g/mol. The Balaban J connectivity index is 1.27. The lowest BCUT2D eigenvalue weighted by Gasteiger charge is -2.29. The van der Waals surface area contributed by atoms with Gasteiger partial charge in [0.2, 0.25) is 0 Å². The van der Waals surface area contributed by atoms with Crippen LogP contribution >= 0.6 is 23.5 Å². The van der Waals surface area contributed by atoms with E-state index >= 15 is 0 Å². The molecule has 2 atom stereocenters. The zero-order valence-corrected chi connectivity index (χ0v) is 29.6. The van der Waals surface area contributed by atoms with Crippen LogP contribution in [0.25, 0.3) is 44.5 Å². The van der Waals surface area contributed by atoms with Gasteiger partial charge in [0.1, 0.15) is 0 Å². The zero-order valence-electron chi connectivity index (χ0n) is 27.9. The summed E-state index contributed by atoms with van der Waals surface area (Å²) in [7, 11) is 0. The van der Waals surface area contributed by atoms with E-state index in [1.807, 2.05) is 23.5 Å². The fraction of sp³-hybridized carbons (Fsp3) is 0.0417. The molecule has 0 saturated carbocycles. The van der Waals surface area contributed by atoms with Gasteiger partial charge in [0.25, 0.3) is 0 Å². The molecule has 0 aromatic heterocycles. The summed E-state index contributed by atoms with van der Waals surface area (Å²) in [5, 5.41) is 3.97. The maximum Gasteiger partial charge on any atom is 0.0464 e. The van der Waals surface area contributed by atoms with E-state index in [-0.39, 0.29) is 11.2 Å². The highest BCUT2D eigenvalue weighted by atomic mass is 32.2. The van der Waals surface area contributed by atoms with Crippen molar-refractivity contribution >= 4 is 34.9 Å². The Labute approximate surface area is 308 Å². The van der Waals surface area contributed by atoms with Crippen molar-refractivity contribution in [1.82, 2.24) is 0 Å². The maximum atomic E-state index is 3.70. The first-order valence-electron chi connectivity index (χ1n) is 17.4. The Bertz CT molecular complexity index is 2400. The predicted octanol–water partition coefficient (Wildman–Crippen LogP) is 13.9. The highest BCUT2D eigenvalue weighted by molar-refractivity contribution is 8.00. The number of rotatable bonds is 5. The van der Waals surface area contributed by atoms with E-state index in [1.54, 1.807) is 0 Å². The molecule has 0 fully saturated rings. The minimum atomic E-state index is 0.267. The van der Waals surface area contributed by atoms with Crippen molar-refractivity contribution in [2.45, 2.75) is 25.9 Å². The minimum Gasteiger partial charge on any atom is -0.355 e. The fourth-order valence-electron chi connectivity index (χ4n) is 7.22. The normalized spacial score (nSPS) is 15.9. The molecular weight excluding hydrogens is 655 g/mol. The van der Waals surface area contributed by atoms with Crippen LogP contribution in [-0.4, -0.2) is 5.25 Å². The van der Waals surface area contributed by atoms with Gasteiger partial charge in [0.15, 0.2) is 0 Å². The van der Waals surface area contributed by atoms with E-state index in [0.29, 0.717) is 0 Å². The third-order valence-electron chi connectivity index (χ3n) is 9.70. The van der Waals surface area contributed by atoms with Crippen molar-refractivity contribution in [2.75, 3.05) is 5.32 Å². The van der Waals surface area contributed by atoms with Crippen molar-refractivity contribution in [1.29, 1.82) is 0 Å². The van der Waals surface area contributed by atoms with Gasteiger partial charge in [0, 0.05) is 48.4 Å². The summed E-state index contributed by atoms with van der Waals surface area (Å²) in [5.41, 5.74) is 13.3. The Morgan fingerprint density at radius 3 is 1.94 bits per heavy atom. The quantitative estimate of drug-likeness (QED) is 0.193. The van der Waals surface area contributed by atoms with Crippen molar-refractivity contribution in [3.05, 3.63) is 200 Å². The van der Waals surface area contributed by atoms with Crippen molar-refractivity contribution in [3.8, 4) is 44.5 Å². The highest BCUT2D eigenvalue weighted by Gasteiger charge is 2.28. The maximum absolute atomic E-state index is 3.70.